The number of carbonyl (C=O) groups is 1. The van der Waals surface area contributed by atoms with E-state index in [-0.39, 0.29) is 11.3 Å². The lowest BCUT2D eigenvalue weighted by atomic mass is 9.76. The van der Waals surface area contributed by atoms with Crippen molar-refractivity contribution >= 4 is 32.6 Å². The van der Waals surface area contributed by atoms with Gasteiger partial charge in [-0.1, -0.05) is 73.1 Å². The number of nitriles is 1. The molecular weight excluding hydrogens is 352 g/mol. The summed E-state index contributed by atoms with van der Waals surface area (Å²) < 4.78 is 0. The summed E-state index contributed by atoms with van der Waals surface area (Å²) in [6.07, 6.45) is 0. The van der Waals surface area contributed by atoms with Gasteiger partial charge in [-0.15, -0.1) is 0 Å². The van der Waals surface area contributed by atoms with E-state index in [4.69, 9.17) is 0 Å². The smallest absolute Gasteiger partial charge is 0.239 e. The second-order valence-electron chi connectivity index (χ2n) is 6.95. The van der Waals surface area contributed by atoms with E-state index in [2.05, 4.69) is 27.3 Å². The molecule has 0 saturated heterocycles. The molecule has 0 bridgehead atoms. The Morgan fingerprint density at radius 1 is 1.13 bits per heavy atom. The van der Waals surface area contributed by atoms with Gasteiger partial charge in [-0.2, -0.15) is 5.26 Å². The SMILES string of the molecule is CC(C)(C)C(C)(C#N)NC(=O)C(Br)c1ccc2ccccc2c1. The molecule has 0 aliphatic heterocycles. The second kappa shape index (κ2) is 6.33. The summed E-state index contributed by atoms with van der Waals surface area (Å²) in [5, 5.41) is 14.6. The first-order valence-corrected chi connectivity index (χ1v) is 8.45. The van der Waals surface area contributed by atoms with Gasteiger partial charge < -0.3 is 5.32 Å². The zero-order valence-electron chi connectivity index (χ0n) is 13.9. The fraction of sp³-hybridized carbons (Fsp3) is 0.368. The van der Waals surface area contributed by atoms with Crippen LogP contribution in [0.15, 0.2) is 42.5 Å². The number of carbonyl (C=O) groups excluding carboxylic acids is 1. The number of hydrogen-bond donors (Lipinski definition) is 1. The van der Waals surface area contributed by atoms with Crippen molar-refractivity contribution in [2.45, 2.75) is 38.1 Å². The fourth-order valence-corrected chi connectivity index (χ4v) is 2.61. The zero-order chi connectivity index (χ0) is 17.3. The Morgan fingerprint density at radius 3 is 2.30 bits per heavy atom. The van der Waals surface area contributed by atoms with Gasteiger partial charge in [-0.3, -0.25) is 4.79 Å². The lowest BCUT2D eigenvalue weighted by Gasteiger charge is -2.37. The molecule has 2 unspecified atom stereocenters. The first-order valence-electron chi connectivity index (χ1n) is 7.54. The Bertz CT molecular complexity index is 773. The predicted octanol–water partition coefficient (Wildman–Crippen LogP) is 4.72. The molecule has 1 N–H and O–H groups in total. The molecule has 2 rings (SSSR count). The van der Waals surface area contributed by atoms with E-state index >= 15 is 0 Å². The predicted molar refractivity (Wildman–Crippen MR) is 97.2 cm³/mol. The van der Waals surface area contributed by atoms with Crippen LogP contribution in [-0.2, 0) is 4.79 Å². The van der Waals surface area contributed by atoms with Gasteiger partial charge in [-0.05, 0) is 34.7 Å². The van der Waals surface area contributed by atoms with E-state index in [1.165, 1.54) is 0 Å². The Kier molecular flexibility index (Phi) is 4.81. The number of hydrogen-bond acceptors (Lipinski definition) is 2. The highest BCUT2D eigenvalue weighted by Crippen LogP contribution is 2.32. The van der Waals surface area contributed by atoms with Crippen LogP contribution in [0.25, 0.3) is 10.8 Å². The van der Waals surface area contributed by atoms with Gasteiger partial charge in [0, 0.05) is 0 Å². The molecule has 0 saturated carbocycles. The summed E-state index contributed by atoms with van der Waals surface area (Å²) in [6, 6.07) is 16.2. The minimum absolute atomic E-state index is 0.209. The maximum Gasteiger partial charge on any atom is 0.239 e. The van der Waals surface area contributed by atoms with Crippen molar-refractivity contribution in [1.29, 1.82) is 5.26 Å². The van der Waals surface area contributed by atoms with Crippen molar-refractivity contribution in [2.75, 3.05) is 0 Å². The molecule has 0 fully saturated rings. The average Bonchev–Trinajstić information content (AvgIpc) is 2.52. The molecule has 2 atom stereocenters. The summed E-state index contributed by atoms with van der Waals surface area (Å²) >= 11 is 3.46. The van der Waals surface area contributed by atoms with Crippen LogP contribution < -0.4 is 5.32 Å². The molecule has 120 valence electrons. The topological polar surface area (TPSA) is 52.9 Å². The van der Waals surface area contributed by atoms with Crippen molar-refractivity contribution in [1.82, 2.24) is 5.32 Å². The molecule has 2 aromatic rings. The van der Waals surface area contributed by atoms with E-state index in [0.717, 1.165) is 16.3 Å². The van der Waals surface area contributed by atoms with Gasteiger partial charge in [0.05, 0.1) is 6.07 Å². The minimum atomic E-state index is -0.938. The number of halogens is 1. The Balaban J connectivity index is 2.26. The lowest BCUT2D eigenvalue weighted by Crippen LogP contribution is -2.54. The van der Waals surface area contributed by atoms with Crippen LogP contribution in [0.1, 0.15) is 38.1 Å². The van der Waals surface area contributed by atoms with Crippen LogP contribution in [0.2, 0.25) is 0 Å². The van der Waals surface area contributed by atoms with Crippen LogP contribution in [0.5, 0.6) is 0 Å². The highest BCUT2D eigenvalue weighted by molar-refractivity contribution is 9.09. The van der Waals surface area contributed by atoms with E-state index in [0.29, 0.717) is 0 Å². The molecule has 3 nitrogen and oxygen atoms in total. The van der Waals surface area contributed by atoms with Gasteiger partial charge in [0.25, 0.3) is 0 Å². The Hall–Kier alpha value is -1.86. The maximum atomic E-state index is 12.6. The molecule has 23 heavy (non-hydrogen) atoms. The Labute approximate surface area is 145 Å². The van der Waals surface area contributed by atoms with Gasteiger partial charge in [0.1, 0.15) is 10.4 Å². The normalized spacial score (nSPS) is 15.5. The lowest BCUT2D eigenvalue weighted by molar-refractivity contribution is -0.122. The molecule has 0 heterocycles. The molecule has 4 heteroatoms. The van der Waals surface area contributed by atoms with E-state index < -0.39 is 10.4 Å². The number of nitrogens with zero attached hydrogens (tertiary/aromatic N) is 1. The number of benzene rings is 2. The largest absolute Gasteiger partial charge is 0.336 e. The third-order valence-electron chi connectivity index (χ3n) is 4.39. The first kappa shape index (κ1) is 17.5. The highest BCUT2D eigenvalue weighted by atomic mass is 79.9. The quantitative estimate of drug-likeness (QED) is 0.792. The van der Waals surface area contributed by atoms with Crippen LogP contribution in [0.3, 0.4) is 0 Å². The fourth-order valence-electron chi connectivity index (χ4n) is 2.21. The van der Waals surface area contributed by atoms with Gasteiger partial charge in [0.15, 0.2) is 0 Å². The van der Waals surface area contributed by atoms with Gasteiger partial charge >= 0.3 is 0 Å². The standard InChI is InChI=1S/C19H21BrN2O/c1-18(2,3)19(4,12-21)22-17(23)16(20)15-10-9-13-7-5-6-8-14(13)11-15/h5-11,16H,1-4H3,(H,22,23). The summed E-state index contributed by atoms with van der Waals surface area (Å²) in [4.78, 5) is 12.1. The Morgan fingerprint density at radius 2 is 1.74 bits per heavy atom. The summed E-state index contributed by atoms with van der Waals surface area (Å²) in [6.45, 7) is 7.58. The van der Waals surface area contributed by atoms with Gasteiger partial charge in [-0.25, -0.2) is 0 Å². The van der Waals surface area contributed by atoms with E-state index in [9.17, 15) is 10.1 Å². The van der Waals surface area contributed by atoms with Crippen LogP contribution in [0.4, 0.5) is 0 Å². The molecule has 2 aromatic carbocycles. The van der Waals surface area contributed by atoms with Gasteiger partial charge in [0.2, 0.25) is 5.91 Å². The van der Waals surface area contributed by atoms with Crippen LogP contribution in [0, 0.1) is 16.7 Å². The monoisotopic (exact) mass is 372 g/mol. The van der Waals surface area contributed by atoms with E-state index in [1.54, 1.807) is 6.92 Å². The maximum absolute atomic E-state index is 12.6. The highest BCUT2D eigenvalue weighted by Gasteiger charge is 2.40. The van der Waals surface area contributed by atoms with Crippen LogP contribution >= 0.6 is 15.9 Å². The van der Waals surface area contributed by atoms with Crippen molar-refractivity contribution in [3.63, 3.8) is 0 Å². The first-order chi connectivity index (χ1) is 10.7. The number of alkyl halides is 1. The van der Waals surface area contributed by atoms with Crippen molar-refractivity contribution in [2.24, 2.45) is 5.41 Å². The third-order valence-corrected chi connectivity index (χ3v) is 5.34. The molecular formula is C19H21BrN2O. The number of rotatable bonds is 3. The summed E-state index contributed by atoms with van der Waals surface area (Å²) in [5.41, 5.74) is -0.434. The van der Waals surface area contributed by atoms with Crippen molar-refractivity contribution < 1.29 is 4.79 Å². The number of fused-ring (bicyclic) bond motifs is 1. The summed E-state index contributed by atoms with van der Waals surface area (Å²) in [5.74, 6) is -0.209. The summed E-state index contributed by atoms with van der Waals surface area (Å²) in [7, 11) is 0. The zero-order valence-corrected chi connectivity index (χ0v) is 15.4. The number of amides is 1. The molecule has 0 spiro atoms. The van der Waals surface area contributed by atoms with Crippen molar-refractivity contribution in [3.05, 3.63) is 48.0 Å². The molecule has 0 aliphatic carbocycles. The van der Waals surface area contributed by atoms with Crippen molar-refractivity contribution in [3.8, 4) is 6.07 Å². The molecule has 0 aromatic heterocycles. The molecule has 0 aliphatic rings. The third kappa shape index (κ3) is 3.56. The minimum Gasteiger partial charge on any atom is -0.336 e. The van der Waals surface area contributed by atoms with E-state index in [1.807, 2.05) is 63.2 Å². The molecule has 0 radical (unpaired) electrons. The molecule has 1 amide bonds. The number of nitrogens with one attached hydrogen (secondary N) is 1. The van der Waals surface area contributed by atoms with Crippen LogP contribution in [-0.4, -0.2) is 11.4 Å². The second-order valence-corrected chi connectivity index (χ2v) is 7.86. The average molecular weight is 373 g/mol.